The van der Waals surface area contributed by atoms with E-state index in [4.69, 9.17) is 9.47 Å². The van der Waals surface area contributed by atoms with Crippen LogP contribution in [0, 0.1) is 55.7 Å². The molecule has 7 aliphatic rings. The summed E-state index contributed by atoms with van der Waals surface area (Å²) in [6, 6.07) is 8.86. The molecule has 8 rings (SSSR count). The van der Waals surface area contributed by atoms with Gasteiger partial charge in [0, 0.05) is 24.9 Å². The number of rotatable bonds is 6. The zero-order valence-corrected chi connectivity index (χ0v) is 30.6. The van der Waals surface area contributed by atoms with Crippen LogP contribution in [0.1, 0.15) is 129 Å². The number of fused-ring (bicyclic) bond motifs is 3. The van der Waals surface area contributed by atoms with Gasteiger partial charge in [-0.1, -0.05) is 58.4 Å². The molecule has 0 aromatic heterocycles. The lowest BCUT2D eigenvalue weighted by molar-refractivity contribution is -0.344. The molecule has 6 saturated carbocycles. The van der Waals surface area contributed by atoms with E-state index < -0.39 is 23.3 Å². The van der Waals surface area contributed by atoms with Crippen LogP contribution in [0.5, 0.6) is 0 Å². The summed E-state index contributed by atoms with van der Waals surface area (Å²) >= 11 is 0. The Labute approximate surface area is 288 Å². The summed E-state index contributed by atoms with van der Waals surface area (Å²) in [5.41, 5.74) is 1.98. The molecule has 6 nitrogen and oxygen atoms in total. The van der Waals surface area contributed by atoms with E-state index in [0.717, 1.165) is 57.8 Å². The first-order valence-electron chi connectivity index (χ1n) is 19.5. The van der Waals surface area contributed by atoms with E-state index in [9.17, 15) is 20.1 Å². The number of aliphatic hydroxyl groups is 2. The topological polar surface area (TPSA) is 96.2 Å². The quantitative estimate of drug-likeness (QED) is 0.286. The van der Waals surface area contributed by atoms with Gasteiger partial charge in [-0.05, 0) is 140 Å². The Balaban J connectivity index is 1.19. The molecule has 1 heterocycles. The van der Waals surface area contributed by atoms with Crippen LogP contribution in [0.3, 0.4) is 0 Å². The van der Waals surface area contributed by atoms with Gasteiger partial charge >= 0.3 is 5.97 Å². The van der Waals surface area contributed by atoms with E-state index >= 15 is 0 Å². The highest BCUT2D eigenvalue weighted by molar-refractivity contribution is 5.74. The number of carboxylic acid groups (broad SMARTS) is 1. The maximum atomic E-state index is 12.7. The molecule has 1 saturated heterocycles. The number of hydrogen-bond acceptors (Lipinski definition) is 5. The lowest BCUT2D eigenvalue weighted by Crippen LogP contribution is -2.76. The van der Waals surface area contributed by atoms with Crippen molar-refractivity contribution in [2.75, 3.05) is 13.7 Å². The molecular weight excluding hydrogens is 600 g/mol. The highest BCUT2D eigenvalue weighted by Crippen LogP contribution is 2.87. The number of carbonyl (C=O) groups is 1. The average Bonchev–Trinajstić information content (AvgIpc) is 3.16. The van der Waals surface area contributed by atoms with Crippen LogP contribution in [0.15, 0.2) is 24.3 Å². The summed E-state index contributed by atoms with van der Waals surface area (Å²) in [7, 11) is 1.74. The van der Waals surface area contributed by atoms with E-state index in [1.165, 1.54) is 43.2 Å². The SMILES string of the molecule is COCCc1ccc(CC2OC3(O)CC(O)C4C2(CCC25CCCC6(CCC42C)C2CC(C)(C(=O)O)CCC2(C)CCC65C)C3C)cc1. The van der Waals surface area contributed by atoms with Crippen molar-refractivity contribution >= 4 is 5.97 Å². The van der Waals surface area contributed by atoms with E-state index in [1.54, 1.807) is 7.11 Å². The summed E-state index contributed by atoms with van der Waals surface area (Å²) in [5.74, 6) is -1.48. The van der Waals surface area contributed by atoms with E-state index in [1.807, 2.05) is 6.92 Å². The Kier molecular flexibility index (Phi) is 7.39. The van der Waals surface area contributed by atoms with Crippen LogP contribution >= 0.6 is 0 Å². The van der Waals surface area contributed by atoms with Crippen molar-refractivity contribution in [3.05, 3.63) is 35.4 Å². The fourth-order valence-electron chi connectivity index (χ4n) is 15.7. The van der Waals surface area contributed by atoms with Gasteiger partial charge in [-0.2, -0.15) is 0 Å². The number of aliphatic carboxylic acids is 1. The largest absolute Gasteiger partial charge is 0.481 e. The van der Waals surface area contributed by atoms with E-state index in [2.05, 4.69) is 52.0 Å². The average molecular weight is 663 g/mol. The molecule has 1 aliphatic heterocycles. The number of ether oxygens (including phenoxy) is 2. The Bertz CT molecular complexity index is 1460. The third kappa shape index (κ3) is 3.93. The highest BCUT2D eigenvalue weighted by atomic mass is 16.6. The van der Waals surface area contributed by atoms with Crippen LogP contribution in [0.25, 0.3) is 0 Å². The number of hydrogen-bond donors (Lipinski definition) is 3. The molecule has 0 radical (unpaired) electrons. The molecule has 13 atom stereocenters. The Morgan fingerprint density at radius 1 is 0.896 bits per heavy atom. The van der Waals surface area contributed by atoms with Gasteiger partial charge in [-0.15, -0.1) is 0 Å². The lowest BCUT2D eigenvalue weighted by atomic mass is 9.22. The normalized spacial score (nSPS) is 53.6. The van der Waals surface area contributed by atoms with Gasteiger partial charge in [0.2, 0.25) is 0 Å². The second kappa shape index (κ2) is 10.5. The molecule has 7 fully saturated rings. The molecular formula is C42H62O6. The van der Waals surface area contributed by atoms with Gasteiger partial charge in [0.25, 0.3) is 0 Å². The van der Waals surface area contributed by atoms with Crippen molar-refractivity contribution in [2.45, 2.75) is 149 Å². The third-order valence-electron chi connectivity index (χ3n) is 18.3. The second-order valence-corrected chi connectivity index (χ2v) is 19.4. The predicted octanol–water partition coefficient (Wildman–Crippen LogP) is 7.96. The van der Waals surface area contributed by atoms with Crippen molar-refractivity contribution in [1.82, 2.24) is 0 Å². The van der Waals surface area contributed by atoms with Crippen LogP contribution in [0.4, 0.5) is 0 Å². The van der Waals surface area contributed by atoms with Crippen molar-refractivity contribution in [3.63, 3.8) is 0 Å². The minimum Gasteiger partial charge on any atom is -0.481 e. The molecule has 6 heteroatoms. The molecule has 48 heavy (non-hydrogen) atoms. The Morgan fingerprint density at radius 3 is 2.31 bits per heavy atom. The number of benzene rings is 1. The van der Waals surface area contributed by atoms with Crippen molar-refractivity contribution in [1.29, 1.82) is 0 Å². The lowest BCUT2D eigenvalue weighted by Gasteiger charge is -2.82. The minimum absolute atomic E-state index is 0.0501. The van der Waals surface area contributed by atoms with Crippen molar-refractivity contribution in [3.8, 4) is 0 Å². The first kappa shape index (κ1) is 33.7. The summed E-state index contributed by atoms with van der Waals surface area (Å²) in [6.45, 7) is 12.7. The molecule has 1 aromatic carbocycles. The summed E-state index contributed by atoms with van der Waals surface area (Å²) in [4.78, 5) is 12.7. The maximum absolute atomic E-state index is 12.7. The first-order valence-corrected chi connectivity index (χ1v) is 19.5. The van der Waals surface area contributed by atoms with Gasteiger partial charge in [0.1, 0.15) is 0 Å². The fourth-order valence-corrected chi connectivity index (χ4v) is 15.7. The molecule has 1 aromatic rings. The summed E-state index contributed by atoms with van der Waals surface area (Å²) in [5, 5.41) is 34.9. The maximum Gasteiger partial charge on any atom is 0.309 e. The highest BCUT2D eigenvalue weighted by Gasteiger charge is 2.82. The summed E-state index contributed by atoms with van der Waals surface area (Å²) < 4.78 is 12.1. The molecule has 0 amide bonds. The van der Waals surface area contributed by atoms with Gasteiger partial charge in [-0.3, -0.25) is 4.79 Å². The van der Waals surface area contributed by atoms with Gasteiger partial charge < -0.3 is 24.8 Å². The second-order valence-electron chi connectivity index (χ2n) is 19.4. The standard InChI is InChI=1S/C42H62O6/c1-27-41-22-21-40-14-7-13-39(31-26-36(3,34(44)45)16-15-35(31,2)17-19-38(39,40)5)20-18-37(40,4)33(41)30(43)25-42(27,46)48-32(41)24-29-10-8-28(9-11-29)12-23-47-6/h8-11,27,30-33,43,46H,7,12-26H2,1-6H3,(H,44,45). The Morgan fingerprint density at radius 2 is 1.60 bits per heavy atom. The molecule has 6 aliphatic carbocycles. The number of methoxy groups -OCH3 is 1. The minimum atomic E-state index is -1.30. The van der Waals surface area contributed by atoms with Gasteiger partial charge in [-0.25, -0.2) is 0 Å². The zero-order valence-electron chi connectivity index (χ0n) is 30.6. The number of aliphatic hydroxyl groups excluding tert-OH is 1. The van der Waals surface area contributed by atoms with Crippen LogP contribution in [0.2, 0.25) is 0 Å². The predicted molar refractivity (Wildman–Crippen MR) is 185 cm³/mol. The third-order valence-corrected chi connectivity index (χ3v) is 18.3. The van der Waals surface area contributed by atoms with Crippen molar-refractivity contribution in [2.24, 2.45) is 55.7 Å². The smallest absolute Gasteiger partial charge is 0.309 e. The molecule has 13 unspecified atom stereocenters. The molecule has 266 valence electrons. The monoisotopic (exact) mass is 662 g/mol. The molecule has 4 bridgehead atoms. The molecule has 2 spiro atoms. The van der Waals surface area contributed by atoms with E-state index in [0.29, 0.717) is 12.5 Å². The first-order chi connectivity index (χ1) is 22.6. The Hall–Kier alpha value is -1.47. The number of carboxylic acids is 1. The zero-order chi connectivity index (χ0) is 34.2. The van der Waals surface area contributed by atoms with Crippen LogP contribution < -0.4 is 0 Å². The van der Waals surface area contributed by atoms with Gasteiger partial charge in [0.15, 0.2) is 5.79 Å². The summed E-state index contributed by atoms with van der Waals surface area (Å²) in [6.07, 6.45) is 14.1. The van der Waals surface area contributed by atoms with Crippen LogP contribution in [-0.4, -0.2) is 53.0 Å². The van der Waals surface area contributed by atoms with E-state index in [-0.39, 0.29) is 56.9 Å². The van der Waals surface area contributed by atoms with Crippen LogP contribution in [-0.2, 0) is 27.1 Å². The van der Waals surface area contributed by atoms with Gasteiger partial charge in [0.05, 0.1) is 24.2 Å². The fraction of sp³-hybridized carbons (Fsp3) is 0.833. The molecule has 3 N–H and O–H groups in total. The van der Waals surface area contributed by atoms with Crippen molar-refractivity contribution < 1.29 is 29.6 Å².